The van der Waals surface area contributed by atoms with Crippen molar-refractivity contribution in [1.82, 2.24) is 4.31 Å². The molecule has 6 nitrogen and oxygen atoms in total. The number of hydrogen-bond donors (Lipinski definition) is 3. The fraction of sp³-hybridized carbons (Fsp3) is 0.368. The largest absolute Gasteiger partial charge is 0.421 e. The summed E-state index contributed by atoms with van der Waals surface area (Å²) in [6.45, 7) is 1.83. The molecule has 11 heteroatoms. The number of halogens is 3. The van der Waals surface area contributed by atoms with Gasteiger partial charge in [0.2, 0.25) is 10.0 Å². The highest BCUT2D eigenvalue weighted by molar-refractivity contribution is 7.90. The second-order valence-corrected chi connectivity index (χ2v) is 9.62. The van der Waals surface area contributed by atoms with Gasteiger partial charge in [-0.25, -0.2) is 8.42 Å². The molecule has 3 rings (SSSR count). The molecule has 0 bridgehead atoms. The Kier molecular flexibility index (Phi) is 6.02. The molecule has 1 saturated heterocycles. The predicted octanol–water partition coefficient (Wildman–Crippen LogP) is 2.84. The molecule has 1 aliphatic rings. The van der Waals surface area contributed by atoms with E-state index in [1.165, 1.54) is 40.7 Å². The zero-order valence-corrected chi connectivity index (χ0v) is 17.8. The van der Waals surface area contributed by atoms with Crippen LogP contribution in [0.1, 0.15) is 12.5 Å². The first kappa shape index (κ1) is 22.7. The van der Waals surface area contributed by atoms with Gasteiger partial charge in [0.25, 0.3) is 0 Å². The fourth-order valence-electron chi connectivity index (χ4n) is 3.22. The monoisotopic (exact) mass is 461 g/mol. The molecular formula is C19H22F3N3O3S2. The number of hydrogen-bond acceptors (Lipinski definition) is 6. The summed E-state index contributed by atoms with van der Waals surface area (Å²) >= 11 is 4.21. The van der Waals surface area contributed by atoms with Crippen LogP contribution in [-0.2, 0) is 15.6 Å². The second-order valence-electron chi connectivity index (χ2n) is 7.24. The summed E-state index contributed by atoms with van der Waals surface area (Å²) in [5.41, 5.74) is 3.47. The zero-order chi connectivity index (χ0) is 22.3. The molecule has 1 fully saturated rings. The lowest BCUT2D eigenvalue weighted by atomic mass is 9.95. The minimum Gasteiger partial charge on any atom is -0.399 e. The average Bonchev–Trinajstić information content (AvgIpc) is 2.69. The smallest absolute Gasteiger partial charge is 0.399 e. The lowest BCUT2D eigenvalue weighted by Gasteiger charge is -2.36. The molecule has 0 aromatic heterocycles. The van der Waals surface area contributed by atoms with Crippen LogP contribution in [-0.4, -0.2) is 50.2 Å². The van der Waals surface area contributed by atoms with Crippen LogP contribution >= 0.6 is 12.6 Å². The molecule has 1 aliphatic heterocycles. The van der Waals surface area contributed by atoms with E-state index < -0.39 is 21.8 Å². The Morgan fingerprint density at radius 1 is 1.03 bits per heavy atom. The van der Waals surface area contributed by atoms with Crippen LogP contribution in [0.4, 0.5) is 24.5 Å². The molecule has 3 N–H and O–H groups in total. The third kappa shape index (κ3) is 4.25. The maximum atomic E-state index is 13.0. The van der Waals surface area contributed by atoms with Crippen LogP contribution in [0.15, 0.2) is 52.3 Å². The van der Waals surface area contributed by atoms with E-state index in [0.717, 1.165) is 0 Å². The van der Waals surface area contributed by atoms with Crippen molar-refractivity contribution in [3.8, 4) is 0 Å². The third-order valence-corrected chi connectivity index (χ3v) is 7.67. The topological polar surface area (TPSA) is 86.9 Å². The van der Waals surface area contributed by atoms with Crippen LogP contribution in [0.5, 0.6) is 0 Å². The first-order valence-electron chi connectivity index (χ1n) is 9.07. The Morgan fingerprint density at radius 3 is 2.13 bits per heavy atom. The highest BCUT2D eigenvalue weighted by Crippen LogP contribution is 2.39. The Balaban J connectivity index is 1.72. The molecule has 30 heavy (non-hydrogen) atoms. The van der Waals surface area contributed by atoms with Crippen LogP contribution in [0.3, 0.4) is 0 Å². The minimum absolute atomic E-state index is 0.0398. The van der Waals surface area contributed by atoms with Gasteiger partial charge in [0.1, 0.15) is 0 Å². The number of sulfonamides is 1. The molecule has 0 spiro atoms. The van der Waals surface area contributed by atoms with Crippen LogP contribution in [0.2, 0.25) is 0 Å². The van der Waals surface area contributed by atoms with E-state index in [1.54, 1.807) is 6.07 Å². The number of alkyl halides is 3. The van der Waals surface area contributed by atoms with Crippen LogP contribution < -0.4 is 10.6 Å². The number of nitrogens with zero attached hydrogens (tertiary/aromatic N) is 2. The first-order valence-corrected chi connectivity index (χ1v) is 11.0. The van der Waals surface area contributed by atoms with Crippen molar-refractivity contribution >= 4 is 34.0 Å². The van der Waals surface area contributed by atoms with Gasteiger partial charge in [-0.05, 0) is 42.8 Å². The molecule has 1 atom stereocenters. The lowest BCUT2D eigenvalue weighted by molar-refractivity contribution is -0.258. The van der Waals surface area contributed by atoms with Gasteiger partial charge in [-0.3, -0.25) is 0 Å². The molecule has 0 saturated carbocycles. The summed E-state index contributed by atoms with van der Waals surface area (Å²) in [7, 11) is -3.77. The molecule has 0 amide bonds. The zero-order valence-electron chi connectivity index (χ0n) is 16.1. The van der Waals surface area contributed by atoms with E-state index in [2.05, 4.69) is 12.6 Å². The van der Waals surface area contributed by atoms with Crippen molar-refractivity contribution in [2.24, 2.45) is 0 Å². The van der Waals surface area contributed by atoms with Crippen molar-refractivity contribution in [3.05, 3.63) is 48.0 Å². The summed E-state index contributed by atoms with van der Waals surface area (Å²) in [6, 6.07) is 9.90. The Bertz CT molecular complexity index is 1020. The van der Waals surface area contributed by atoms with Gasteiger partial charge in [0, 0.05) is 42.4 Å². The van der Waals surface area contributed by atoms with Gasteiger partial charge in [0.15, 0.2) is 5.60 Å². The number of anilines is 2. The number of rotatable bonds is 4. The summed E-state index contributed by atoms with van der Waals surface area (Å²) in [6.07, 6.45) is -4.79. The quantitative estimate of drug-likeness (QED) is 0.482. The van der Waals surface area contributed by atoms with Crippen molar-refractivity contribution in [2.45, 2.75) is 28.5 Å². The summed E-state index contributed by atoms with van der Waals surface area (Å²) < 4.78 is 66.1. The first-order chi connectivity index (χ1) is 13.8. The van der Waals surface area contributed by atoms with Gasteiger partial charge in [-0.1, -0.05) is 12.1 Å². The number of piperazine rings is 1. The average molecular weight is 462 g/mol. The Hall–Kier alpha value is -1.95. The van der Waals surface area contributed by atoms with Crippen molar-refractivity contribution < 1.29 is 26.7 Å². The summed E-state index contributed by atoms with van der Waals surface area (Å²) in [4.78, 5) is 2.22. The maximum absolute atomic E-state index is 13.0. The van der Waals surface area contributed by atoms with E-state index in [4.69, 9.17) is 5.73 Å². The summed E-state index contributed by atoms with van der Waals surface area (Å²) in [5.74, 6) is 0. The number of benzene rings is 2. The molecular weight excluding hydrogens is 439 g/mol. The molecule has 0 unspecified atom stereocenters. The van der Waals surface area contributed by atoms with Crippen molar-refractivity contribution in [1.29, 1.82) is 0 Å². The van der Waals surface area contributed by atoms with Gasteiger partial charge >= 0.3 is 6.18 Å². The van der Waals surface area contributed by atoms with Gasteiger partial charge in [-0.2, -0.15) is 17.5 Å². The van der Waals surface area contributed by atoms with Gasteiger partial charge in [0.05, 0.1) is 4.90 Å². The Morgan fingerprint density at radius 2 is 1.60 bits per heavy atom. The summed E-state index contributed by atoms with van der Waals surface area (Å²) in [5, 5.41) is 9.77. The molecule has 0 aliphatic carbocycles. The SMILES string of the molecule is C[C@](O)(c1ccc(N2CCN(S(=O)(=O)c3cc(N)ccc3S)CC2)cc1)C(F)(F)F. The number of nitrogen functional groups attached to an aromatic ring is 1. The third-order valence-electron chi connectivity index (χ3n) is 5.19. The maximum Gasteiger partial charge on any atom is 0.421 e. The lowest BCUT2D eigenvalue weighted by Crippen LogP contribution is -2.48. The highest BCUT2D eigenvalue weighted by Gasteiger charge is 2.51. The van der Waals surface area contributed by atoms with E-state index in [0.29, 0.717) is 36.3 Å². The highest BCUT2D eigenvalue weighted by atomic mass is 32.2. The fourth-order valence-corrected chi connectivity index (χ4v) is 5.25. The van der Waals surface area contributed by atoms with Gasteiger partial charge < -0.3 is 15.7 Å². The predicted molar refractivity (Wildman–Crippen MR) is 111 cm³/mol. The second kappa shape index (κ2) is 7.95. The normalized spacial score (nSPS) is 18.3. The van der Waals surface area contributed by atoms with Gasteiger partial charge in [-0.15, -0.1) is 12.6 Å². The van der Waals surface area contributed by atoms with E-state index >= 15 is 0 Å². The van der Waals surface area contributed by atoms with Crippen molar-refractivity contribution in [3.63, 3.8) is 0 Å². The molecule has 0 radical (unpaired) electrons. The Labute approximate surface area is 178 Å². The minimum atomic E-state index is -4.79. The molecule has 1 heterocycles. The standard InChI is InChI=1S/C19H22F3N3O3S2/c1-18(26,19(20,21)22)13-2-5-15(6-3-13)24-8-10-25(11-9-24)30(27,28)17-12-14(23)4-7-16(17)29/h2-7,12,26,29H,8-11,23H2,1H3/t18-/m0/s1. The number of nitrogens with two attached hydrogens (primary N) is 1. The van der Waals surface area contributed by atoms with E-state index in [1.807, 2.05) is 4.90 Å². The van der Waals surface area contributed by atoms with Crippen LogP contribution in [0, 0.1) is 0 Å². The number of thiol groups is 1. The number of aliphatic hydroxyl groups is 1. The molecule has 164 valence electrons. The molecule has 2 aromatic carbocycles. The van der Waals surface area contributed by atoms with Crippen molar-refractivity contribution in [2.75, 3.05) is 36.8 Å². The van der Waals surface area contributed by atoms with E-state index in [-0.39, 0.29) is 23.5 Å². The van der Waals surface area contributed by atoms with Crippen LogP contribution in [0.25, 0.3) is 0 Å². The molecule has 2 aromatic rings. The van der Waals surface area contributed by atoms with E-state index in [9.17, 15) is 26.7 Å².